The molecular weight excluding hydrogens is 510 g/mol. The summed E-state index contributed by atoms with van der Waals surface area (Å²) in [5.74, 6) is -0.403. The quantitative estimate of drug-likeness (QED) is 0.337. The van der Waals surface area contributed by atoms with E-state index < -0.39 is 16.1 Å². The Morgan fingerprint density at radius 1 is 0.846 bits per heavy atom. The number of amides is 2. The van der Waals surface area contributed by atoms with Gasteiger partial charge in [0.15, 0.2) is 0 Å². The van der Waals surface area contributed by atoms with Crippen LogP contribution in [-0.4, -0.2) is 50.5 Å². The van der Waals surface area contributed by atoms with Gasteiger partial charge in [0, 0.05) is 32.5 Å². The summed E-state index contributed by atoms with van der Waals surface area (Å²) in [6, 6.07) is 24.1. The number of carbonyl (C=O) groups excluding carboxylic acids is 2. The maximum Gasteiger partial charge on any atom is 0.243 e. The lowest BCUT2D eigenvalue weighted by Crippen LogP contribution is -2.50. The number of benzene rings is 3. The minimum atomic E-state index is -3.54. The lowest BCUT2D eigenvalue weighted by molar-refractivity contribution is -0.141. The van der Waals surface area contributed by atoms with Crippen LogP contribution in [-0.2, 0) is 32.6 Å². The van der Waals surface area contributed by atoms with Gasteiger partial charge in [-0.25, -0.2) is 8.42 Å². The fourth-order valence-electron chi connectivity index (χ4n) is 4.45. The molecule has 0 aliphatic heterocycles. The number of hydrogen-bond donors (Lipinski definition) is 1. The highest BCUT2D eigenvalue weighted by Crippen LogP contribution is 2.21. The van der Waals surface area contributed by atoms with E-state index in [1.54, 1.807) is 17.0 Å². The first kappa shape index (κ1) is 29.9. The van der Waals surface area contributed by atoms with Crippen LogP contribution in [0.5, 0.6) is 0 Å². The first-order chi connectivity index (χ1) is 18.6. The SMILES string of the molecule is CCNC(=O)[C@@H](Cc1ccccc1)N(Cc1ccc(C)cc1)C(=O)CCCN(c1ccc(C)cc1)S(C)(=O)=O. The van der Waals surface area contributed by atoms with Gasteiger partial charge in [-0.2, -0.15) is 0 Å². The Kier molecular flexibility index (Phi) is 10.7. The molecule has 3 aromatic rings. The Hall–Kier alpha value is -3.65. The summed E-state index contributed by atoms with van der Waals surface area (Å²) in [6.45, 7) is 6.70. The molecule has 0 radical (unpaired) electrons. The molecule has 0 aliphatic carbocycles. The molecule has 0 saturated heterocycles. The molecule has 39 heavy (non-hydrogen) atoms. The third-order valence-electron chi connectivity index (χ3n) is 6.57. The third-order valence-corrected chi connectivity index (χ3v) is 7.76. The van der Waals surface area contributed by atoms with Crippen LogP contribution in [0.25, 0.3) is 0 Å². The fraction of sp³-hybridized carbons (Fsp3) is 0.355. The van der Waals surface area contributed by atoms with Crippen molar-refractivity contribution in [1.82, 2.24) is 10.2 Å². The predicted octanol–water partition coefficient (Wildman–Crippen LogP) is 4.63. The van der Waals surface area contributed by atoms with E-state index in [9.17, 15) is 18.0 Å². The van der Waals surface area contributed by atoms with Crippen molar-refractivity contribution in [2.75, 3.05) is 23.7 Å². The Labute approximate surface area is 232 Å². The van der Waals surface area contributed by atoms with E-state index in [2.05, 4.69) is 5.32 Å². The maximum atomic E-state index is 13.7. The van der Waals surface area contributed by atoms with Gasteiger partial charge in [-0.3, -0.25) is 13.9 Å². The second kappa shape index (κ2) is 13.9. The number of carbonyl (C=O) groups is 2. The van der Waals surface area contributed by atoms with E-state index in [0.29, 0.717) is 25.1 Å². The summed E-state index contributed by atoms with van der Waals surface area (Å²) in [6.07, 6.45) is 1.97. The fourth-order valence-corrected chi connectivity index (χ4v) is 5.42. The zero-order valence-electron chi connectivity index (χ0n) is 23.3. The summed E-state index contributed by atoms with van der Waals surface area (Å²) in [4.78, 5) is 28.7. The Morgan fingerprint density at radius 3 is 2.00 bits per heavy atom. The molecule has 7 nitrogen and oxygen atoms in total. The van der Waals surface area contributed by atoms with Gasteiger partial charge in [-0.15, -0.1) is 0 Å². The molecule has 0 unspecified atom stereocenters. The largest absolute Gasteiger partial charge is 0.355 e. The summed E-state index contributed by atoms with van der Waals surface area (Å²) in [5, 5.41) is 2.90. The minimum Gasteiger partial charge on any atom is -0.355 e. The van der Waals surface area contributed by atoms with Gasteiger partial charge in [-0.1, -0.05) is 77.9 Å². The Morgan fingerprint density at radius 2 is 1.44 bits per heavy atom. The highest BCUT2D eigenvalue weighted by atomic mass is 32.2. The standard InChI is InChI=1S/C31H39N3O4S/c1-5-32-31(36)29(22-26-10-7-6-8-11-26)33(23-27-17-13-24(2)14-18-27)30(35)12-9-21-34(39(4,37)38)28-19-15-25(3)16-20-28/h6-8,10-11,13-20,29H,5,9,12,21-23H2,1-4H3,(H,32,36)/t29-/m1/s1. The van der Waals surface area contributed by atoms with Crippen molar-refractivity contribution in [1.29, 1.82) is 0 Å². The average molecular weight is 550 g/mol. The van der Waals surface area contributed by atoms with Crippen LogP contribution in [0, 0.1) is 13.8 Å². The third kappa shape index (κ3) is 8.96. The monoisotopic (exact) mass is 549 g/mol. The number of aryl methyl sites for hydroxylation is 2. The number of likely N-dealkylation sites (N-methyl/N-ethyl adjacent to an activating group) is 1. The first-order valence-corrected chi connectivity index (χ1v) is 15.1. The van der Waals surface area contributed by atoms with E-state index >= 15 is 0 Å². The Balaban J connectivity index is 1.85. The van der Waals surface area contributed by atoms with Gasteiger partial charge in [-0.05, 0) is 50.5 Å². The molecule has 1 atom stereocenters. The number of hydrogen-bond acceptors (Lipinski definition) is 4. The molecular formula is C31H39N3O4S. The molecule has 8 heteroatoms. The second-order valence-electron chi connectivity index (χ2n) is 9.88. The van der Waals surface area contributed by atoms with Crippen LogP contribution in [0.3, 0.4) is 0 Å². The van der Waals surface area contributed by atoms with Gasteiger partial charge in [0.25, 0.3) is 0 Å². The molecule has 0 heterocycles. The van der Waals surface area contributed by atoms with Crippen LogP contribution in [0.15, 0.2) is 78.9 Å². The molecule has 0 aliphatic rings. The predicted molar refractivity (Wildman–Crippen MR) is 157 cm³/mol. The van der Waals surface area contributed by atoms with Crippen LogP contribution in [0.1, 0.15) is 42.0 Å². The lowest BCUT2D eigenvalue weighted by Gasteiger charge is -2.32. The number of sulfonamides is 1. The zero-order valence-corrected chi connectivity index (χ0v) is 24.1. The topological polar surface area (TPSA) is 86.8 Å². The van der Waals surface area contributed by atoms with E-state index in [1.807, 2.05) is 87.5 Å². The first-order valence-electron chi connectivity index (χ1n) is 13.3. The van der Waals surface area contributed by atoms with Crippen molar-refractivity contribution < 1.29 is 18.0 Å². The van der Waals surface area contributed by atoms with Gasteiger partial charge in [0.1, 0.15) is 6.04 Å². The van der Waals surface area contributed by atoms with E-state index in [0.717, 1.165) is 22.3 Å². The van der Waals surface area contributed by atoms with E-state index in [-0.39, 0.29) is 31.3 Å². The average Bonchev–Trinajstić information content (AvgIpc) is 2.90. The smallest absolute Gasteiger partial charge is 0.243 e. The Bertz CT molecular complexity index is 1320. The van der Waals surface area contributed by atoms with E-state index in [4.69, 9.17) is 0 Å². The van der Waals surface area contributed by atoms with Crippen LogP contribution in [0.4, 0.5) is 5.69 Å². The molecule has 0 bridgehead atoms. The van der Waals surface area contributed by atoms with Gasteiger partial charge in [0.05, 0.1) is 11.9 Å². The molecule has 0 spiro atoms. The second-order valence-corrected chi connectivity index (χ2v) is 11.8. The van der Waals surface area contributed by atoms with Crippen molar-refractivity contribution in [3.05, 3.63) is 101 Å². The van der Waals surface area contributed by atoms with Crippen molar-refractivity contribution in [2.24, 2.45) is 0 Å². The molecule has 208 valence electrons. The molecule has 0 saturated carbocycles. The van der Waals surface area contributed by atoms with Crippen molar-refractivity contribution >= 4 is 27.5 Å². The maximum absolute atomic E-state index is 13.7. The molecule has 0 fully saturated rings. The van der Waals surface area contributed by atoms with Gasteiger partial charge >= 0.3 is 0 Å². The highest BCUT2D eigenvalue weighted by molar-refractivity contribution is 7.92. The van der Waals surface area contributed by atoms with Crippen LogP contribution >= 0.6 is 0 Å². The summed E-state index contributed by atoms with van der Waals surface area (Å²) < 4.78 is 26.4. The number of nitrogens with zero attached hydrogens (tertiary/aromatic N) is 2. The number of rotatable bonds is 13. The lowest BCUT2D eigenvalue weighted by atomic mass is 10.0. The van der Waals surface area contributed by atoms with Crippen molar-refractivity contribution in [2.45, 2.75) is 52.6 Å². The zero-order chi connectivity index (χ0) is 28.4. The van der Waals surface area contributed by atoms with Crippen LogP contribution < -0.4 is 9.62 Å². The number of nitrogens with one attached hydrogen (secondary N) is 1. The van der Waals surface area contributed by atoms with Gasteiger partial charge < -0.3 is 10.2 Å². The minimum absolute atomic E-state index is 0.106. The molecule has 3 aromatic carbocycles. The highest BCUT2D eigenvalue weighted by Gasteiger charge is 2.30. The summed E-state index contributed by atoms with van der Waals surface area (Å²) in [5.41, 5.74) is 4.59. The molecule has 1 N–H and O–H groups in total. The van der Waals surface area contributed by atoms with Crippen molar-refractivity contribution in [3.63, 3.8) is 0 Å². The summed E-state index contributed by atoms with van der Waals surface area (Å²) in [7, 11) is -3.54. The number of anilines is 1. The molecule has 2 amide bonds. The normalized spacial score (nSPS) is 12.0. The van der Waals surface area contributed by atoms with Gasteiger partial charge in [0.2, 0.25) is 21.8 Å². The van der Waals surface area contributed by atoms with E-state index in [1.165, 1.54) is 10.6 Å². The van der Waals surface area contributed by atoms with Crippen LogP contribution in [0.2, 0.25) is 0 Å². The molecule has 0 aromatic heterocycles. The van der Waals surface area contributed by atoms with Crippen molar-refractivity contribution in [3.8, 4) is 0 Å². The summed E-state index contributed by atoms with van der Waals surface area (Å²) >= 11 is 0. The molecule has 3 rings (SSSR count).